The van der Waals surface area contributed by atoms with Crippen LogP contribution >= 0.6 is 22.7 Å². The maximum atomic E-state index is 4.69. The van der Waals surface area contributed by atoms with Crippen LogP contribution in [0.5, 0.6) is 0 Å². The van der Waals surface area contributed by atoms with Gasteiger partial charge in [-0.1, -0.05) is 30.3 Å². The first-order valence-electron chi connectivity index (χ1n) is 10.2. The van der Waals surface area contributed by atoms with Gasteiger partial charge in [-0.05, 0) is 30.3 Å². The Morgan fingerprint density at radius 2 is 1.48 bits per heavy atom. The van der Waals surface area contributed by atoms with Crippen molar-refractivity contribution in [1.29, 1.82) is 0 Å². The van der Waals surface area contributed by atoms with Crippen LogP contribution in [0.3, 0.4) is 0 Å². The van der Waals surface area contributed by atoms with E-state index in [2.05, 4.69) is 69.0 Å². The average molecular weight is 432 g/mol. The molecule has 0 amide bonds. The van der Waals surface area contributed by atoms with Crippen LogP contribution in [-0.4, -0.2) is 14.4 Å². The lowest BCUT2D eigenvalue weighted by atomic mass is 10.0. The third-order valence-electron chi connectivity index (χ3n) is 6.31. The molecule has 0 fully saturated rings. The predicted molar refractivity (Wildman–Crippen MR) is 134 cm³/mol. The molecule has 0 saturated carbocycles. The van der Waals surface area contributed by atoms with Gasteiger partial charge in [-0.3, -0.25) is 9.38 Å². The second-order valence-corrected chi connectivity index (χ2v) is 10.0. The highest BCUT2D eigenvalue weighted by molar-refractivity contribution is 7.28. The maximum absolute atomic E-state index is 4.69. The van der Waals surface area contributed by atoms with Crippen molar-refractivity contribution in [2.75, 3.05) is 0 Å². The summed E-state index contributed by atoms with van der Waals surface area (Å²) in [6.45, 7) is 0. The Morgan fingerprint density at radius 1 is 0.645 bits per heavy atom. The summed E-state index contributed by atoms with van der Waals surface area (Å²) in [6.07, 6.45) is 5.75. The highest BCUT2D eigenvalue weighted by Crippen LogP contribution is 2.45. The molecule has 0 aliphatic carbocycles. The van der Waals surface area contributed by atoms with Crippen molar-refractivity contribution in [3.63, 3.8) is 0 Å². The molecule has 0 saturated heterocycles. The lowest BCUT2D eigenvalue weighted by Gasteiger charge is -2.08. The SMILES string of the molecule is c1ccc2c(c1)sc1cc3c(cc12)sc1c3ccc2c1c1cccnc1c1nccn21. The Balaban J connectivity index is 1.62. The first kappa shape index (κ1) is 16.2. The van der Waals surface area contributed by atoms with Crippen LogP contribution in [0.15, 0.2) is 79.3 Å². The Bertz CT molecular complexity index is 2010. The van der Waals surface area contributed by atoms with Crippen LogP contribution in [-0.2, 0) is 0 Å². The lowest BCUT2D eigenvalue weighted by Crippen LogP contribution is -1.92. The molecule has 5 heterocycles. The highest BCUT2D eigenvalue weighted by Gasteiger charge is 2.17. The Kier molecular flexibility index (Phi) is 2.91. The van der Waals surface area contributed by atoms with E-state index in [-0.39, 0.29) is 0 Å². The van der Waals surface area contributed by atoms with Crippen molar-refractivity contribution in [1.82, 2.24) is 14.4 Å². The predicted octanol–water partition coefficient (Wildman–Crippen LogP) is 7.77. The van der Waals surface area contributed by atoms with Crippen LogP contribution < -0.4 is 0 Å². The molecule has 144 valence electrons. The number of aromatic nitrogens is 3. The van der Waals surface area contributed by atoms with Gasteiger partial charge >= 0.3 is 0 Å². The quantitative estimate of drug-likeness (QED) is 0.230. The van der Waals surface area contributed by atoms with E-state index in [4.69, 9.17) is 0 Å². The van der Waals surface area contributed by atoms with E-state index < -0.39 is 0 Å². The number of fused-ring (bicyclic) bond motifs is 13. The van der Waals surface area contributed by atoms with E-state index in [1.165, 1.54) is 56.6 Å². The van der Waals surface area contributed by atoms with Gasteiger partial charge < -0.3 is 0 Å². The van der Waals surface area contributed by atoms with E-state index in [0.717, 1.165) is 11.2 Å². The Labute approximate surface area is 183 Å². The van der Waals surface area contributed by atoms with Gasteiger partial charge in [0, 0.05) is 69.7 Å². The molecule has 5 aromatic heterocycles. The van der Waals surface area contributed by atoms with E-state index >= 15 is 0 Å². The second-order valence-electron chi connectivity index (χ2n) is 7.90. The first-order valence-corrected chi connectivity index (χ1v) is 11.8. The number of hydrogen-bond acceptors (Lipinski definition) is 4. The normalized spacial score (nSPS) is 12.5. The minimum Gasteiger partial charge on any atom is -0.298 e. The van der Waals surface area contributed by atoms with Crippen molar-refractivity contribution >= 4 is 90.5 Å². The van der Waals surface area contributed by atoms with Gasteiger partial charge in [0.1, 0.15) is 5.52 Å². The summed E-state index contributed by atoms with van der Waals surface area (Å²) in [4.78, 5) is 9.27. The average Bonchev–Trinajstić information content (AvgIpc) is 3.52. The number of benzene rings is 3. The molecule has 0 aliphatic rings. The lowest BCUT2D eigenvalue weighted by molar-refractivity contribution is 1.26. The Morgan fingerprint density at radius 3 is 2.45 bits per heavy atom. The molecule has 0 radical (unpaired) electrons. The van der Waals surface area contributed by atoms with Gasteiger partial charge in [0.25, 0.3) is 0 Å². The molecule has 0 spiro atoms. The van der Waals surface area contributed by atoms with E-state index in [1.807, 2.05) is 47.3 Å². The molecule has 8 aromatic rings. The highest BCUT2D eigenvalue weighted by atomic mass is 32.1. The zero-order valence-electron chi connectivity index (χ0n) is 16.2. The second kappa shape index (κ2) is 5.58. The number of hydrogen-bond donors (Lipinski definition) is 0. The number of imidazole rings is 1. The van der Waals surface area contributed by atoms with Gasteiger partial charge in [-0.2, -0.15) is 0 Å². The summed E-state index contributed by atoms with van der Waals surface area (Å²) < 4.78 is 7.53. The van der Waals surface area contributed by atoms with Crippen molar-refractivity contribution in [2.24, 2.45) is 0 Å². The Hall–Kier alpha value is -3.54. The molecule has 3 aromatic carbocycles. The summed E-state index contributed by atoms with van der Waals surface area (Å²) in [5, 5.41) is 7.79. The molecule has 31 heavy (non-hydrogen) atoms. The molecular weight excluding hydrogens is 418 g/mol. The molecular formula is C26H13N3S2. The first-order chi connectivity index (χ1) is 15.4. The molecule has 0 unspecified atom stereocenters. The maximum Gasteiger partial charge on any atom is 0.163 e. The zero-order chi connectivity index (χ0) is 20.1. The standard InChI is InChI=1S/C26H13N3S2/c1-2-6-20-14(4-1)17-12-22-18(13-21(17)30-20)15-7-8-19-23(25(15)31-22)16-5-3-9-27-24(16)26-28-10-11-29(19)26/h1-13H. The fourth-order valence-corrected chi connectivity index (χ4v) is 7.37. The molecule has 8 rings (SSSR count). The summed E-state index contributed by atoms with van der Waals surface area (Å²) in [6, 6.07) is 22.2. The van der Waals surface area contributed by atoms with Gasteiger partial charge in [-0.15, -0.1) is 22.7 Å². The van der Waals surface area contributed by atoms with Crippen molar-refractivity contribution in [2.45, 2.75) is 0 Å². The molecule has 5 heteroatoms. The largest absolute Gasteiger partial charge is 0.298 e. The summed E-state index contributed by atoms with van der Waals surface area (Å²) in [7, 11) is 0. The van der Waals surface area contributed by atoms with E-state index in [1.54, 1.807) is 0 Å². The third kappa shape index (κ3) is 1.98. The van der Waals surface area contributed by atoms with E-state index in [0.29, 0.717) is 0 Å². The number of thiophene rings is 2. The fraction of sp³-hybridized carbons (Fsp3) is 0. The molecule has 0 bridgehead atoms. The van der Waals surface area contributed by atoms with E-state index in [9.17, 15) is 0 Å². The molecule has 0 atom stereocenters. The summed E-state index contributed by atoms with van der Waals surface area (Å²) in [5.74, 6) is 0. The van der Waals surface area contributed by atoms with Crippen molar-refractivity contribution in [3.8, 4) is 0 Å². The summed E-state index contributed by atoms with van der Waals surface area (Å²) >= 11 is 3.77. The fourth-order valence-electron chi connectivity index (χ4n) is 4.97. The smallest absolute Gasteiger partial charge is 0.163 e. The summed E-state index contributed by atoms with van der Waals surface area (Å²) in [5.41, 5.74) is 3.05. The molecule has 3 nitrogen and oxygen atoms in total. The minimum absolute atomic E-state index is 0.913. The number of pyridine rings is 2. The van der Waals surface area contributed by atoms with Crippen LogP contribution in [0, 0.1) is 0 Å². The third-order valence-corrected chi connectivity index (χ3v) is 8.63. The molecule has 0 N–H and O–H groups in total. The van der Waals surface area contributed by atoms with Gasteiger partial charge in [0.2, 0.25) is 0 Å². The van der Waals surface area contributed by atoms with Gasteiger partial charge in [0.15, 0.2) is 5.65 Å². The van der Waals surface area contributed by atoms with Gasteiger partial charge in [0.05, 0.1) is 5.52 Å². The topological polar surface area (TPSA) is 30.2 Å². The van der Waals surface area contributed by atoms with Gasteiger partial charge in [-0.25, -0.2) is 4.98 Å². The zero-order valence-corrected chi connectivity index (χ0v) is 17.8. The van der Waals surface area contributed by atoms with Crippen LogP contribution in [0.25, 0.3) is 67.8 Å². The monoisotopic (exact) mass is 431 g/mol. The minimum atomic E-state index is 0.913. The van der Waals surface area contributed by atoms with Crippen molar-refractivity contribution < 1.29 is 0 Å². The number of nitrogens with zero attached hydrogens (tertiary/aromatic N) is 3. The van der Waals surface area contributed by atoms with Crippen LogP contribution in [0.1, 0.15) is 0 Å². The van der Waals surface area contributed by atoms with Crippen LogP contribution in [0.4, 0.5) is 0 Å². The van der Waals surface area contributed by atoms with Crippen LogP contribution in [0.2, 0.25) is 0 Å². The molecule has 0 aliphatic heterocycles. The van der Waals surface area contributed by atoms with Crippen molar-refractivity contribution in [3.05, 3.63) is 79.3 Å². The number of rotatable bonds is 0.